The highest BCUT2D eigenvalue weighted by Gasteiger charge is 2.20. The molecule has 0 bridgehead atoms. The molecule has 0 fully saturated rings. The maximum atomic E-state index is 12.1. The van der Waals surface area contributed by atoms with Crippen LogP contribution in [0.4, 0.5) is 4.79 Å². The predicted molar refractivity (Wildman–Crippen MR) is 91.7 cm³/mol. The highest BCUT2D eigenvalue weighted by atomic mass is 16.4. The van der Waals surface area contributed by atoms with E-state index >= 15 is 0 Å². The monoisotopic (exact) mass is 339 g/mol. The molecule has 4 N–H and O–H groups in total. The van der Waals surface area contributed by atoms with Crippen LogP contribution in [0, 0.1) is 0 Å². The van der Waals surface area contributed by atoms with Gasteiger partial charge in [0.15, 0.2) is 0 Å². The molecular formula is C17H29N3O4. The van der Waals surface area contributed by atoms with E-state index < -0.39 is 12.1 Å². The van der Waals surface area contributed by atoms with Crippen LogP contribution in [-0.4, -0.2) is 42.1 Å². The molecule has 0 saturated heterocycles. The molecule has 0 saturated carbocycles. The second-order valence-corrected chi connectivity index (χ2v) is 6.02. The van der Waals surface area contributed by atoms with Crippen molar-refractivity contribution in [3.05, 3.63) is 12.2 Å². The Balaban J connectivity index is 2.55. The van der Waals surface area contributed by atoms with Crippen LogP contribution in [0.3, 0.4) is 0 Å². The molecule has 0 aromatic heterocycles. The van der Waals surface area contributed by atoms with E-state index in [-0.39, 0.29) is 18.4 Å². The summed E-state index contributed by atoms with van der Waals surface area (Å²) in [6.45, 7) is 0.391. The van der Waals surface area contributed by atoms with Gasteiger partial charge in [0.1, 0.15) is 6.04 Å². The lowest BCUT2D eigenvalue weighted by molar-refractivity contribution is -0.128. The minimum Gasteiger partial charge on any atom is -0.465 e. The molecule has 1 unspecified atom stereocenters. The number of hydrogen-bond acceptors (Lipinski definition) is 3. The molecule has 136 valence electrons. The summed E-state index contributed by atoms with van der Waals surface area (Å²) < 4.78 is 0. The van der Waals surface area contributed by atoms with Crippen molar-refractivity contribution in [1.29, 1.82) is 0 Å². The van der Waals surface area contributed by atoms with Gasteiger partial charge in [-0.25, -0.2) is 4.79 Å². The van der Waals surface area contributed by atoms with Gasteiger partial charge in [0, 0.05) is 13.0 Å². The van der Waals surface area contributed by atoms with Gasteiger partial charge in [-0.1, -0.05) is 25.0 Å². The minimum atomic E-state index is -1.22. The van der Waals surface area contributed by atoms with Gasteiger partial charge in [-0.05, 0) is 38.5 Å². The Kier molecular flexibility index (Phi) is 10.3. The molecule has 7 heteroatoms. The summed E-state index contributed by atoms with van der Waals surface area (Å²) >= 11 is 0. The van der Waals surface area contributed by atoms with E-state index in [0.717, 1.165) is 51.4 Å². The van der Waals surface area contributed by atoms with Crippen molar-refractivity contribution in [3.8, 4) is 0 Å². The maximum absolute atomic E-state index is 12.1. The molecule has 1 aliphatic heterocycles. The number of rotatable bonds is 2. The second-order valence-electron chi connectivity index (χ2n) is 6.02. The highest BCUT2D eigenvalue weighted by molar-refractivity contribution is 5.88. The zero-order chi connectivity index (χ0) is 17.6. The largest absolute Gasteiger partial charge is 0.465 e. The van der Waals surface area contributed by atoms with E-state index in [9.17, 15) is 14.4 Å². The third-order valence-corrected chi connectivity index (χ3v) is 3.90. The average molecular weight is 339 g/mol. The predicted octanol–water partition coefficient (Wildman–Crippen LogP) is 1.94. The van der Waals surface area contributed by atoms with Crippen molar-refractivity contribution < 1.29 is 19.5 Å². The summed E-state index contributed by atoms with van der Waals surface area (Å²) in [5.74, 6) is -0.566. The van der Waals surface area contributed by atoms with Crippen LogP contribution in [0.2, 0.25) is 0 Å². The standard InChI is InChI=1S/C17H29N3O4/c21-15-11-9-7-5-3-1-2-4-6-8-10-12-18-16(22)14(20-15)13-19-17(23)24/h2,4,14,19H,1,3,5-13H2,(H,18,22)(H,20,21)(H,23,24). The molecule has 0 aromatic carbocycles. The van der Waals surface area contributed by atoms with Crippen molar-refractivity contribution in [2.75, 3.05) is 13.1 Å². The van der Waals surface area contributed by atoms with E-state index in [1.54, 1.807) is 0 Å². The smallest absolute Gasteiger partial charge is 0.404 e. The normalized spacial score (nSPS) is 22.1. The Bertz CT molecular complexity index is 438. The van der Waals surface area contributed by atoms with Crippen molar-refractivity contribution >= 4 is 17.9 Å². The maximum Gasteiger partial charge on any atom is 0.404 e. The number of hydrogen-bond donors (Lipinski definition) is 4. The summed E-state index contributed by atoms with van der Waals surface area (Å²) in [7, 11) is 0. The first-order valence-corrected chi connectivity index (χ1v) is 8.78. The van der Waals surface area contributed by atoms with E-state index in [2.05, 4.69) is 28.1 Å². The number of allylic oxidation sites excluding steroid dienone is 2. The summed E-state index contributed by atoms with van der Waals surface area (Å²) in [6.07, 6.45) is 11.4. The van der Waals surface area contributed by atoms with Crippen molar-refractivity contribution in [1.82, 2.24) is 16.0 Å². The Morgan fingerprint density at radius 2 is 1.75 bits per heavy atom. The second kappa shape index (κ2) is 12.4. The van der Waals surface area contributed by atoms with Crippen LogP contribution in [0.25, 0.3) is 0 Å². The fourth-order valence-electron chi connectivity index (χ4n) is 2.52. The molecule has 0 radical (unpaired) electrons. The summed E-state index contributed by atoms with van der Waals surface area (Å²) in [6, 6.07) is -0.871. The SMILES string of the molecule is O=C(O)NCC1NC(=O)CCCCCCC=CCCCCNC1=O. The lowest BCUT2D eigenvalue weighted by atomic mass is 10.1. The van der Waals surface area contributed by atoms with Crippen molar-refractivity contribution in [2.45, 2.75) is 63.8 Å². The Morgan fingerprint density at radius 1 is 1.08 bits per heavy atom. The van der Waals surface area contributed by atoms with Gasteiger partial charge >= 0.3 is 6.09 Å². The van der Waals surface area contributed by atoms with E-state index in [1.165, 1.54) is 0 Å². The fraction of sp³-hybridized carbons (Fsp3) is 0.706. The number of amides is 3. The lowest BCUT2D eigenvalue weighted by Crippen LogP contribution is -2.52. The fourth-order valence-corrected chi connectivity index (χ4v) is 2.52. The molecule has 24 heavy (non-hydrogen) atoms. The van der Waals surface area contributed by atoms with E-state index in [4.69, 9.17) is 5.11 Å². The van der Waals surface area contributed by atoms with E-state index in [0.29, 0.717) is 13.0 Å². The van der Waals surface area contributed by atoms with E-state index in [1.807, 2.05) is 0 Å². The topological polar surface area (TPSA) is 108 Å². The van der Waals surface area contributed by atoms with Crippen molar-refractivity contribution in [3.63, 3.8) is 0 Å². The number of nitrogens with one attached hydrogen (secondary N) is 3. The summed E-state index contributed by atoms with van der Waals surface area (Å²) in [4.78, 5) is 34.7. The van der Waals surface area contributed by atoms with Crippen LogP contribution in [0.15, 0.2) is 12.2 Å². The average Bonchev–Trinajstić information content (AvgIpc) is 2.54. The molecule has 3 amide bonds. The van der Waals surface area contributed by atoms with Crippen LogP contribution < -0.4 is 16.0 Å². The van der Waals surface area contributed by atoms with Gasteiger partial charge in [-0.3, -0.25) is 9.59 Å². The van der Waals surface area contributed by atoms with Crippen LogP contribution in [-0.2, 0) is 9.59 Å². The quantitative estimate of drug-likeness (QED) is 0.577. The third-order valence-electron chi connectivity index (χ3n) is 3.90. The first-order chi connectivity index (χ1) is 11.6. The Labute approximate surface area is 143 Å². The lowest BCUT2D eigenvalue weighted by Gasteiger charge is -2.18. The third kappa shape index (κ3) is 9.86. The number of carbonyl (C=O) groups excluding carboxylic acids is 2. The Hall–Kier alpha value is -2.05. The molecule has 0 aliphatic carbocycles. The summed E-state index contributed by atoms with van der Waals surface area (Å²) in [5, 5.41) is 16.2. The first kappa shape index (κ1) is 20.0. The number of carboxylic acid groups (broad SMARTS) is 1. The highest BCUT2D eigenvalue weighted by Crippen LogP contribution is 2.07. The molecular weight excluding hydrogens is 310 g/mol. The van der Waals surface area contributed by atoms with Gasteiger partial charge < -0.3 is 21.1 Å². The van der Waals surface area contributed by atoms with Gasteiger partial charge in [0.2, 0.25) is 11.8 Å². The molecule has 0 aromatic rings. The van der Waals surface area contributed by atoms with Crippen LogP contribution in [0.5, 0.6) is 0 Å². The van der Waals surface area contributed by atoms with Crippen LogP contribution >= 0.6 is 0 Å². The first-order valence-electron chi connectivity index (χ1n) is 8.78. The molecule has 1 aliphatic rings. The van der Waals surface area contributed by atoms with Gasteiger partial charge in [-0.15, -0.1) is 0 Å². The zero-order valence-electron chi connectivity index (χ0n) is 14.2. The molecule has 7 nitrogen and oxygen atoms in total. The molecule has 1 heterocycles. The molecule has 0 spiro atoms. The Morgan fingerprint density at radius 3 is 2.46 bits per heavy atom. The van der Waals surface area contributed by atoms with Gasteiger partial charge in [-0.2, -0.15) is 0 Å². The molecule has 1 rings (SSSR count). The summed E-state index contributed by atoms with van der Waals surface area (Å²) in [5.41, 5.74) is 0. The number of carbonyl (C=O) groups is 3. The van der Waals surface area contributed by atoms with Crippen molar-refractivity contribution in [2.24, 2.45) is 0 Å². The van der Waals surface area contributed by atoms with Crippen LogP contribution in [0.1, 0.15) is 57.8 Å². The van der Waals surface area contributed by atoms with Gasteiger partial charge in [0.05, 0.1) is 6.54 Å². The minimum absolute atomic E-state index is 0.129. The zero-order valence-corrected chi connectivity index (χ0v) is 14.2. The van der Waals surface area contributed by atoms with Gasteiger partial charge in [0.25, 0.3) is 0 Å². The molecule has 1 atom stereocenters.